The van der Waals surface area contributed by atoms with Gasteiger partial charge in [0.05, 0.1) is 11.8 Å². The lowest BCUT2D eigenvalue weighted by Gasteiger charge is -2.25. The second kappa shape index (κ2) is 10.9. The molecule has 30 heavy (non-hydrogen) atoms. The van der Waals surface area contributed by atoms with Crippen molar-refractivity contribution in [2.45, 2.75) is 66.2 Å². The summed E-state index contributed by atoms with van der Waals surface area (Å²) in [6.45, 7) is 12.5. The largest absolute Gasteiger partial charge is 0.444 e. The van der Waals surface area contributed by atoms with Gasteiger partial charge in [0.2, 0.25) is 11.8 Å². The summed E-state index contributed by atoms with van der Waals surface area (Å²) < 4.78 is 5.41. The van der Waals surface area contributed by atoms with Crippen molar-refractivity contribution in [1.29, 1.82) is 0 Å². The average molecular weight is 430 g/mol. The molecule has 1 heterocycles. The molecule has 174 valence electrons. The molecule has 0 saturated carbocycles. The molecule has 0 radical (unpaired) electrons. The number of likely N-dealkylation sites (tertiary alicyclic amines) is 1. The molecular weight excluding hydrogens is 390 g/mol. The molecule has 0 bridgehead atoms. The van der Waals surface area contributed by atoms with Crippen molar-refractivity contribution >= 4 is 17.9 Å². The molecule has 1 aliphatic heterocycles. The van der Waals surface area contributed by atoms with E-state index in [9.17, 15) is 24.6 Å². The predicted octanol–water partition coefficient (Wildman–Crippen LogP) is 0.736. The molecule has 0 aromatic rings. The SMILES string of the molecule is C[C@H](CO)[C@H](C)NC(=O)[C@H]1CN(C(=O)OC(C)(C)C)C[C@@H]1C(=O)N[C@@H](C)[C@@H](C)CO. The van der Waals surface area contributed by atoms with Crippen molar-refractivity contribution in [3.63, 3.8) is 0 Å². The number of nitrogens with one attached hydrogen (secondary N) is 2. The lowest BCUT2D eigenvalue weighted by molar-refractivity contribution is -0.134. The van der Waals surface area contributed by atoms with Crippen LogP contribution in [0, 0.1) is 23.7 Å². The van der Waals surface area contributed by atoms with Gasteiger partial charge < -0.3 is 30.5 Å². The van der Waals surface area contributed by atoms with E-state index in [0.29, 0.717) is 0 Å². The normalized spacial score (nSPS) is 23.3. The van der Waals surface area contributed by atoms with Crippen molar-refractivity contribution in [3.05, 3.63) is 0 Å². The van der Waals surface area contributed by atoms with E-state index in [4.69, 9.17) is 4.74 Å². The van der Waals surface area contributed by atoms with E-state index in [1.54, 1.807) is 34.6 Å². The van der Waals surface area contributed by atoms with Crippen molar-refractivity contribution in [2.24, 2.45) is 23.7 Å². The van der Waals surface area contributed by atoms with Crippen molar-refractivity contribution in [2.75, 3.05) is 26.3 Å². The van der Waals surface area contributed by atoms with Crippen molar-refractivity contribution in [1.82, 2.24) is 15.5 Å². The van der Waals surface area contributed by atoms with Crippen LogP contribution < -0.4 is 10.6 Å². The Kier molecular flexibility index (Phi) is 9.55. The molecule has 0 spiro atoms. The zero-order valence-electron chi connectivity index (χ0n) is 19.3. The number of rotatable bonds is 8. The molecule has 0 aromatic carbocycles. The molecule has 1 rings (SSSR count). The van der Waals surface area contributed by atoms with E-state index < -0.39 is 23.5 Å². The molecule has 9 heteroatoms. The third-order valence-electron chi connectivity index (χ3n) is 5.67. The summed E-state index contributed by atoms with van der Waals surface area (Å²) in [5.41, 5.74) is -0.689. The zero-order chi connectivity index (χ0) is 23.2. The van der Waals surface area contributed by atoms with Crippen LogP contribution in [-0.4, -0.2) is 77.0 Å². The summed E-state index contributed by atoms with van der Waals surface area (Å²) in [6.07, 6.45) is -0.566. The van der Waals surface area contributed by atoms with Crippen LogP contribution in [0.15, 0.2) is 0 Å². The maximum atomic E-state index is 12.9. The quantitative estimate of drug-likeness (QED) is 0.450. The monoisotopic (exact) mass is 429 g/mol. The summed E-state index contributed by atoms with van der Waals surface area (Å²) in [5, 5.41) is 24.3. The lowest BCUT2D eigenvalue weighted by atomic mass is 9.92. The third kappa shape index (κ3) is 7.43. The predicted molar refractivity (Wildman–Crippen MR) is 112 cm³/mol. The molecule has 1 fully saturated rings. The first-order chi connectivity index (χ1) is 13.8. The Hall–Kier alpha value is -1.87. The third-order valence-corrected chi connectivity index (χ3v) is 5.67. The molecule has 1 aliphatic rings. The number of nitrogens with zero attached hydrogens (tertiary/aromatic N) is 1. The first-order valence-electron chi connectivity index (χ1n) is 10.6. The number of carbonyl (C=O) groups excluding carboxylic acids is 3. The van der Waals surface area contributed by atoms with Crippen molar-refractivity contribution < 1.29 is 29.3 Å². The molecular formula is C21H39N3O6. The number of hydrogen-bond donors (Lipinski definition) is 4. The van der Waals surface area contributed by atoms with E-state index in [1.165, 1.54) is 4.90 Å². The highest BCUT2D eigenvalue weighted by atomic mass is 16.6. The first-order valence-corrected chi connectivity index (χ1v) is 10.6. The number of aliphatic hydroxyl groups is 2. The summed E-state index contributed by atoms with van der Waals surface area (Å²) in [4.78, 5) is 39.8. The van der Waals surface area contributed by atoms with Crippen LogP contribution in [0.25, 0.3) is 0 Å². The number of carbonyl (C=O) groups is 3. The second-order valence-electron chi connectivity index (χ2n) is 9.51. The molecule has 6 atom stereocenters. The molecule has 0 aromatic heterocycles. The number of aliphatic hydroxyl groups excluding tert-OH is 2. The van der Waals surface area contributed by atoms with Gasteiger partial charge in [-0.15, -0.1) is 0 Å². The highest BCUT2D eigenvalue weighted by Crippen LogP contribution is 2.27. The van der Waals surface area contributed by atoms with Gasteiger partial charge in [-0.1, -0.05) is 13.8 Å². The summed E-state index contributed by atoms with van der Waals surface area (Å²) in [6, 6.07) is -0.565. The van der Waals surface area contributed by atoms with Gasteiger partial charge >= 0.3 is 6.09 Å². The molecule has 4 N–H and O–H groups in total. The Morgan fingerprint density at radius 3 is 1.57 bits per heavy atom. The molecule has 3 amide bonds. The standard InChI is InChI=1S/C21H39N3O6/c1-12(10-25)14(3)22-18(27)16-8-24(20(29)30-21(5,6)7)9-17(16)19(28)23-15(4)13(2)11-26/h12-17,25-26H,8-11H2,1-7H3,(H,22,27)(H,23,28)/t12-,13+,14-,15-,16-,17-/m0/s1. The fourth-order valence-electron chi connectivity index (χ4n) is 3.07. The minimum Gasteiger partial charge on any atom is -0.444 e. The highest BCUT2D eigenvalue weighted by molar-refractivity contribution is 5.90. The smallest absolute Gasteiger partial charge is 0.410 e. The Morgan fingerprint density at radius 2 is 1.27 bits per heavy atom. The van der Waals surface area contributed by atoms with E-state index in [0.717, 1.165) is 0 Å². The summed E-state index contributed by atoms with van der Waals surface area (Å²) in [5.74, 6) is -2.43. The van der Waals surface area contributed by atoms with Crippen molar-refractivity contribution in [3.8, 4) is 0 Å². The molecule has 0 unspecified atom stereocenters. The van der Waals surface area contributed by atoms with E-state index >= 15 is 0 Å². The fraction of sp³-hybridized carbons (Fsp3) is 0.857. The summed E-state index contributed by atoms with van der Waals surface area (Å²) >= 11 is 0. The van der Waals surface area contributed by atoms with Crippen LogP contribution in [0.1, 0.15) is 48.5 Å². The van der Waals surface area contributed by atoms with Gasteiger partial charge in [0.15, 0.2) is 0 Å². The molecule has 1 saturated heterocycles. The van der Waals surface area contributed by atoms with Gasteiger partial charge in [-0.3, -0.25) is 9.59 Å². The Balaban J connectivity index is 2.99. The van der Waals surface area contributed by atoms with E-state index in [2.05, 4.69) is 10.6 Å². The van der Waals surface area contributed by atoms with Crippen LogP contribution in [0.4, 0.5) is 4.79 Å². The maximum Gasteiger partial charge on any atom is 0.410 e. The topological polar surface area (TPSA) is 128 Å². The van der Waals surface area contributed by atoms with Crippen LogP contribution in [-0.2, 0) is 14.3 Å². The van der Waals surface area contributed by atoms with Crippen LogP contribution in [0.3, 0.4) is 0 Å². The number of ether oxygens (including phenoxy) is 1. The Labute approximate surface area is 179 Å². The highest BCUT2D eigenvalue weighted by Gasteiger charge is 2.45. The van der Waals surface area contributed by atoms with E-state index in [-0.39, 0.29) is 62.0 Å². The number of amides is 3. The van der Waals surface area contributed by atoms with Gasteiger partial charge in [0.1, 0.15) is 5.60 Å². The van der Waals surface area contributed by atoms with Crippen LogP contribution in [0.5, 0.6) is 0 Å². The minimum atomic E-state index is -0.734. The molecule has 9 nitrogen and oxygen atoms in total. The number of hydrogen-bond acceptors (Lipinski definition) is 6. The maximum absolute atomic E-state index is 12.9. The van der Waals surface area contributed by atoms with Gasteiger partial charge in [0.25, 0.3) is 0 Å². The lowest BCUT2D eigenvalue weighted by Crippen LogP contribution is -2.48. The minimum absolute atomic E-state index is 0.0724. The van der Waals surface area contributed by atoms with Gasteiger partial charge in [-0.05, 0) is 46.5 Å². The zero-order valence-corrected chi connectivity index (χ0v) is 19.3. The average Bonchev–Trinajstić information content (AvgIpc) is 3.11. The molecule has 0 aliphatic carbocycles. The van der Waals surface area contributed by atoms with Gasteiger partial charge in [-0.25, -0.2) is 4.79 Å². The fourth-order valence-corrected chi connectivity index (χ4v) is 3.07. The van der Waals surface area contributed by atoms with E-state index in [1.807, 2.05) is 13.8 Å². The van der Waals surface area contributed by atoms with Crippen LogP contribution >= 0.6 is 0 Å². The van der Waals surface area contributed by atoms with Crippen LogP contribution in [0.2, 0.25) is 0 Å². The first kappa shape index (κ1) is 26.2. The Bertz CT molecular complexity index is 568. The Morgan fingerprint density at radius 1 is 0.900 bits per heavy atom. The van der Waals surface area contributed by atoms with Gasteiger partial charge in [0, 0.05) is 38.4 Å². The summed E-state index contributed by atoms with van der Waals surface area (Å²) in [7, 11) is 0. The van der Waals surface area contributed by atoms with Gasteiger partial charge in [-0.2, -0.15) is 0 Å². The second-order valence-corrected chi connectivity index (χ2v) is 9.51.